The Morgan fingerprint density at radius 3 is 2.45 bits per heavy atom. The first-order valence-corrected chi connectivity index (χ1v) is 13.1. The monoisotopic (exact) mass is 492 g/mol. The van der Waals surface area contributed by atoms with E-state index in [2.05, 4.69) is 44.8 Å². The lowest BCUT2D eigenvalue weighted by Crippen LogP contribution is -2.41. The van der Waals surface area contributed by atoms with Crippen molar-refractivity contribution >= 4 is 21.8 Å². The lowest BCUT2D eigenvalue weighted by molar-refractivity contribution is -0.131. The van der Waals surface area contributed by atoms with Gasteiger partial charge in [-0.3, -0.25) is 4.79 Å². The average Bonchev–Trinajstić information content (AvgIpc) is 2.78. The van der Waals surface area contributed by atoms with Gasteiger partial charge in [-0.15, -0.1) is 0 Å². The molecule has 1 heterocycles. The molecule has 0 atom stereocenters. The number of halogens is 1. The quantitative estimate of drug-likeness (QED) is 0.428. The summed E-state index contributed by atoms with van der Waals surface area (Å²) in [4.78, 5) is 16.5. The molecule has 4 nitrogen and oxygen atoms in total. The summed E-state index contributed by atoms with van der Waals surface area (Å²) in [6.07, 6.45) is 11.4. The zero-order chi connectivity index (χ0) is 22.2. The van der Waals surface area contributed by atoms with E-state index in [-0.39, 0.29) is 5.91 Å². The van der Waals surface area contributed by atoms with Gasteiger partial charge in [-0.1, -0.05) is 15.9 Å². The van der Waals surface area contributed by atoms with Gasteiger partial charge in [-0.25, -0.2) is 0 Å². The smallest absolute Gasteiger partial charge is 0.219 e. The molecule has 0 spiro atoms. The number of carbonyl (C=O) groups excluding carboxylic acids is 1. The fourth-order valence-corrected chi connectivity index (χ4v) is 6.05. The molecule has 2 fully saturated rings. The summed E-state index contributed by atoms with van der Waals surface area (Å²) >= 11 is 3.71. The third kappa shape index (κ3) is 7.21. The maximum Gasteiger partial charge on any atom is 0.219 e. The summed E-state index contributed by atoms with van der Waals surface area (Å²) in [5.74, 6) is 2.84. The van der Waals surface area contributed by atoms with Crippen molar-refractivity contribution in [1.29, 1.82) is 0 Å². The lowest BCUT2D eigenvalue weighted by Gasteiger charge is -2.36. The van der Waals surface area contributed by atoms with Gasteiger partial charge in [-0.2, -0.15) is 0 Å². The molecular formula is C26H41BrN2O2. The van der Waals surface area contributed by atoms with Gasteiger partial charge in [0, 0.05) is 24.0 Å². The first-order chi connectivity index (χ1) is 15.0. The molecule has 1 aromatic rings. The zero-order valence-electron chi connectivity index (χ0n) is 19.7. The fraction of sp³-hybridized carbons (Fsp3) is 0.731. The minimum absolute atomic E-state index is 0.244. The van der Waals surface area contributed by atoms with Gasteiger partial charge in [0.05, 0.1) is 7.11 Å². The van der Waals surface area contributed by atoms with E-state index >= 15 is 0 Å². The molecule has 1 amide bonds. The van der Waals surface area contributed by atoms with Crippen LogP contribution in [0.2, 0.25) is 0 Å². The van der Waals surface area contributed by atoms with Crippen LogP contribution < -0.4 is 4.74 Å². The Morgan fingerprint density at radius 2 is 1.84 bits per heavy atom. The van der Waals surface area contributed by atoms with E-state index in [1.54, 1.807) is 14.0 Å². The Hall–Kier alpha value is -1.07. The predicted molar refractivity (Wildman–Crippen MR) is 132 cm³/mol. The van der Waals surface area contributed by atoms with E-state index in [4.69, 9.17) is 4.74 Å². The molecule has 31 heavy (non-hydrogen) atoms. The van der Waals surface area contributed by atoms with Crippen LogP contribution in [0, 0.1) is 11.8 Å². The van der Waals surface area contributed by atoms with Crippen molar-refractivity contribution in [2.75, 3.05) is 33.3 Å². The molecule has 174 valence electrons. The number of nitrogens with zero attached hydrogens (tertiary/aromatic N) is 2. The topological polar surface area (TPSA) is 32.8 Å². The third-order valence-electron chi connectivity index (χ3n) is 7.56. The number of carbonyl (C=O) groups is 1. The van der Waals surface area contributed by atoms with Crippen molar-refractivity contribution in [2.45, 2.75) is 77.7 Å². The molecule has 1 saturated heterocycles. The van der Waals surface area contributed by atoms with Crippen molar-refractivity contribution < 1.29 is 9.53 Å². The van der Waals surface area contributed by atoms with Crippen LogP contribution in [-0.4, -0.2) is 55.0 Å². The van der Waals surface area contributed by atoms with Crippen LogP contribution in [0.5, 0.6) is 5.75 Å². The second-order valence-electron chi connectivity index (χ2n) is 9.57. The summed E-state index contributed by atoms with van der Waals surface area (Å²) < 4.78 is 6.60. The summed E-state index contributed by atoms with van der Waals surface area (Å²) in [7, 11) is 1.74. The van der Waals surface area contributed by atoms with Crippen LogP contribution in [0.4, 0.5) is 0 Å². The molecule has 0 bridgehead atoms. The molecule has 0 aromatic heterocycles. The number of ether oxygens (including phenoxy) is 1. The van der Waals surface area contributed by atoms with Crippen LogP contribution in [0.3, 0.4) is 0 Å². The standard InChI is InChI=1S/C26H41BrN2O2/c1-4-29(20(2)30)24-9-7-21(8-10-24)6-5-15-28-16-13-22(14-17-28)18-23-19-25(31-3)11-12-26(23)27/h11-12,19,21-22,24H,4-10,13-18H2,1-3H3/t21-,24-. The Kier molecular flexibility index (Phi) is 9.71. The van der Waals surface area contributed by atoms with E-state index in [1.165, 1.54) is 81.0 Å². The number of piperidine rings is 1. The van der Waals surface area contributed by atoms with E-state index in [0.717, 1.165) is 30.6 Å². The molecule has 2 aliphatic rings. The Labute approximate surface area is 197 Å². The molecule has 0 unspecified atom stereocenters. The number of amides is 1. The van der Waals surface area contributed by atoms with Gasteiger partial charge in [0.1, 0.15) is 5.75 Å². The molecule has 0 radical (unpaired) electrons. The lowest BCUT2D eigenvalue weighted by atomic mass is 9.82. The van der Waals surface area contributed by atoms with Crippen LogP contribution in [-0.2, 0) is 11.2 Å². The van der Waals surface area contributed by atoms with Crippen molar-refractivity contribution in [3.8, 4) is 5.75 Å². The Bertz CT molecular complexity index is 695. The summed E-state index contributed by atoms with van der Waals surface area (Å²) in [5, 5.41) is 0. The van der Waals surface area contributed by atoms with Crippen molar-refractivity contribution in [2.24, 2.45) is 11.8 Å². The number of hydrogen-bond acceptors (Lipinski definition) is 3. The largest absolute Gasteiger partial charge is 0.497 e. The van der Waals surface area contributed by atoms with Gasteiger partial charge in [0.25, 0.3) is 0 Å². The first kappa shape index (κ1) is 24.6. The summed E-state index contributed by atoms with van der Waals surface area (Å²) in [6.45, 7) is 8.41. The van der Waals surface area contributed by atoms with Gasteiger partial charge >= 0.3 is 0 Å². The Morgan fingerprint density at radius 1 is 1.13 bits per heavy atom. The first-order valence-electron chi connectivity index (χ1n) is 12.3. The molecule has 1 aliphatic heterocycles. The Balaban J connectivity index is 1.32. The van der Waals surface area contributed by atoms with Crippen LogP contribution in [0.25, 0.3) is 0 Å². The minimum Gasteiger partial charge on any atom is -0.497 e. The van der Waals surface area contributed by atoms with Gasteiger partial charge in [0.2, 0.25) is 5.91 Å². The van der Waals surface area contributed by atoms with E-state index in [0.29, 0.717) is 6.04 Å². The SMILES string of the molecule is CCN(C(C)=O)[C@H]1CC[C@H](CCCN2CCC(Cc3cc(OC)ccc3Br)CC2)CC1. The van der Waals surface area contributed by atoms with E-state index < -0.39 is 0 Å². The molecular weight excluding hydrogens is 452 g/mol. The molecule has 1 aromatic carbocycles. The van der Waals surface area contributed by atoms with Gasteiger partial charge < -0.3 is 14.5 Å². The maximum absolute atomic E-state index is 11.8. The highest BCUT2D eigenvalue weighted by atomic mass is 79.9. The van der Waals surface area contributed by atoms with E-state index in [9.17, 15) is 4.79 Å². The second kappa shape index (κ2) is 12.2. The highest BCUT2D eigenvalue weighted by Crippen LogP contribution is 2.32. The molecule has 1 saturated carbocycles. The van der Waals surface area contributed by atoms with Crippen molar-refractivity contribution in [3.05, 3.63) is 28.2 Å². The number of benzene rings is 1. The number of methoxy groups -OCH3 is 1. The van der Waals surface area contributed by atoms with Crippen molar-refractivity contribution in [3.63, 3.8) is 0 Å². The summed E-state index contributed by atoms with van der Waals surface area (Å²) in [6, 6.07) is 6.80. The van der Waals surface area contributed by atoms with Crippen LogP contribution in [0.15, 0.2) is 22.7 Å². The maximum atomic E-state index is 11.8. The van der Waals surface area contributed by atoms with Crippen LogP contribution >= 0.6 is 15.9 Å². The zero-order valence-corrected chi connectivity index (χ0v) is 21.3. The third-order valence-corrected chi connectivity index (χ3v) is 8.33. The van der Waals surface area contributed by atoms with Crippen LogP contribution in [0.1, 0.15) is 70.8 Å². The minimum atomic E-state index is 0.244. The number of hydrogen-bond donors (Lipinski definition) is 0. The van der Waals surface area contributed by atoms with E-state index in [1.807, 2.05) is 6.07 Å². The van der Waals surface area contributed by atoms with Gasteiger partial charge in [-0.05, 0) is 120 Å². The average molecular weight is 494 g/mol. The molecule has 3 rings (SSSR count). The van der Waals surface area contributed by atoms with Gasteiger partial charge in [0.15, 0.2) is 0 Å². The van der Waals surface area contributed by atoms with Crippen molar-refractivity contribution in [1.82, 2.24) is 9.80 Å². The number of likely N-dealkylation sites (tertiary alicyclic amines) is 1. The number of rotatable bonds is 9. The molecule has 0 N–H and O–H groups in total. The fourth-order valence-electron chi connectivity index (χ4n) is 5.65. The molecule has 1 aliphatic carbocycles. The highest BCUT2D eigenvalue weighted by Gasteiger charge is 2.26. The summed E-state index contributed by atoms with van der Waals surface area (Å²) in [5.41, 5.74) is 1.37. The predicted octanol–water partition coefficient (Wildman–Crippen LogP) is 5.92. The highest BCUT2D eigenvalue weighted by molar-refractivity contribution is 9.10. The molecule has 5 heteroatoms. The second-order valence-corrected chi connectivity index (χ2v) is 10.4. The normalized spacial score (nSPS) is 23.0.